The molecule has 0 bridgehead atoms. The van der Waals surface area contributed by atoms with Gasteiger partial charge in [0.05, 0.1) is 46.5 Å². The summed E-state index contributed by atoms with van der Waals surface area (Å²) < 4.78 is 3.79. The number of likely N-dealkylation sites (tertiary alicyclic amines) is 1. The first-order valence-electron chi connectivity index (χ1n) is 24.1. The molecule has 2 saturated heterocycles. The van der Waals surface area contributed by atoms with Gasteiger partial charge in [0.25, 0.3) is 0 Å². The maximum atomic E-state index is 14.5. The van der Waals surface area contributed by atoms with Crippen LogP contribution in [0, 0.1) is 39.5 Å². The van der Waals surface area contributed by atoms with Crippen LogP contribution in [-0.2, 0) is 14.4 Å². The number of nitrogens with zero attached hydrogens (tertiary/aromatic N) is 10. The van der Waals surface area contributed by atoms with Gasteiger partial charge in [0.1, 0.15) is 34.8 Å². The van der Waals surface area contributed by atoms with E-state index in [1.54, 1.807) is 38.5 Å². The maximum absolute atomic E-state index is 14.5. The molecule has 0 aliphatic carbocycles. The normalized spacial score (nSPS) is 18.6. The summed E-state index contributed by atoms with van der Waals surface area (Å²) in [4.78, 5) is 62.8. The van der Waals surface area contributed by atoms with E-state index in [2.05, 4.69) is 68.2 Å². The lowest BCUT2D eigenvalue weighted by Gasteiger charge is -2.40. The molecule has 3 amide bonds. The van der Waals surface area contributed by atoms with Crippen molar-refractivity contribution < 1.29 is 14.4 Å². The molecule has 3 aliphatic heterocycles. The molecule has 5 atom stereocenters. The number of nitrogens with one attached hydrogen (secondary N) is 2. The van der Waals surface area contributed by atoms with Crippen molar-refractivity contribution in [3.05, 3.63) is 134 Å². The highest BCUT2D eigenvalue weighted by Gasteiger charge is 2.42. The quantitative estimate of drug-likeness (QED) is 0.114. The summed E-state index contributed by atoms with van der Waals surface area (Å²) in [6, 6.07) is 17.8. The van der Waals surface area contributed by atoms with Crippen molar-refractivity contribution in [3.63, 3.8) is 0 Å². The number of hydrogen-bond acceptors (Lipinski definition) is 12. The second kappa shape index (κ2) is 19.6. The monoisotopic (exact) mass is 1010 g/mol. The van der Waals surface area contributed by atoms with Gasteiger partial charge in [-0.25, -0.2) is 9.97 Å². The molecule has 0 saturated carbocycles. The smallest absolute Gasteiger partial charge is 0.248 e. The molecule has 5 aromatic heterocycles. The Kier molecular flexibility index (Phi) is 13.2. The molecule has 7 aromatic rings. The van der Waals surface area contributed by atoms with Crippen LogP contribution >= 0.6 is 34.3 Å². The van der Waals surface area contributed by atoms with Crippen molar-refractivity contribution in [1.29, 1.82) is 0 Å². The highest BCUT2D eigenvalue weighted by Crippen LogP contribution is 2.40. The first-order chi connectivity index (χ1) is 34.1. The molecule has 15 nitrogen and oxygen atoms in total. The minimum Gasteiger partial charge on any atom is -0.352 e. The van der Waals surface area contributed by atoms with Crippen LogP contribution in [-0.4, -0.2) is 94.6 Å². The van der Waals surface area contributed by atoms with Crippen LogP contribution < -0.4 is 15.5 Å². The molecule has 0 unspecified atom stereocenters. The topological polar surface area (TPSA) is 168 Å². The highest BCUT2D eigenvalue weighted by molar-refractivity contribution is 7.15. The molecule has 3 aliphatic rings. The van der Waals surface area contributed by atoms with Crippen molar-refractivity contribution in [3.8, 4) is 26.6 Å². The number of carbonyl (C=O) groups excluding carboxylic acids is 3. The zero-order valence-corrected chi connectivity index (χ0v) is 43.4. The molecular weight excluding hydrogens is 952 g/mol. The third-order valence-electron chi connectivity index (χ3n) is 14.0. The van der Waals surface area contributed by atoms with Gasteiger partial charge in [-0.05, 0) is 93.8 Å². The number of thiazole rings is 1. The molecule has 71 heavy (non-hydrogen) atoms. The largest absolute Gasteiger partial charge is 0.352 e. The Hall–Kier alpha value is -6.56. The first-order valence-corrected chi connectivity index (χ1v) is 26.2. The van der Waals surface area contributed by atoms with Gasteiger partial charge in [-0.1, -0.05) is 68.8 Å². The van der Waals surface area contributed by atoms with E-state index in [9.17, 15) is 14.4 Å². The van der Waals surface area contributed by atoms with E-state index in [0.717, 1.165) is 71.9 Å². The van der Waals surface area contributed by atoms with E-state index in [-0.39, 0.29) is 48.1 Å². The van der Waals surface area contributed by atoms with Gasteiger partial charge < -0.3 is 20.4 Å². The molecule has 2 fully saturated rings. The number of fused-ring (bicyclic) bond motifs is 3. The van der Waals surface area contributed by atoms with Crippen LogP contribution in [0.3, 0.4) is 0 Å². The Morgan fingerprint density at radius 3 is 2.28 bits per heavy atom. The summed E-state index contributed by atoms with van der Waals surface area (Å²) in [6.07, 6.45) is 6.17. The van der Waals surface area contributed by atoms with Gasteiger partial charge in [0.15, 0.2) is 5.82 Å². The average Bonchev–Trinajstić information content (AvgIpc) is 4.18. The third kappa shape index (κ3) is 9.42. The summed E-state index contributed by atoms with van der Waals surface area (Å²) in [5.74, 6) is 1.88. The maximum Gasteiger partial charge on any atom is 0.248 e. The van der Waals surface area contributed by atoms with Crippen LogP contribution in [0.5, 0.6) is 0 Å². The van der Waals surface area contributed by atoms with E-state index in [1.165, 1.54) is 4.88 Å². The number of anilines is 1. The van der Waals surface area contributed by atoms with E-state index in [0.29, 0.717) is 36.9 Å². The second-order valence-electron chi connectivity index (χ2n) is 19.5. The number of thiophene rings is 1. The van der Waals surface area contributed by atoms with E-state index < -0.39 is 18.1 Å². The SMILES string of the molecule is Cc1ncsc1-c1ccc([C@H](C)NC(=O)[C@@H]2C[C@@H](C)CN2C(=O)[C@@H](C(C)C)n2cc(-c3ccc(N4CC(NC(=O)C[C@@H]5N=C(c6ccc(Cl)cc6)c6c(sc(C)c6C)-n6c(C)nnc65)C4)nc3)cn2)cc1. The summed E-state index contributed by atoms with van der Waals surface area (Å²) >= 11 is 9.58. The van der Waals surface area contributed by atoms with Crippen LogP contribution in [0.25, 0.3) is 26.6 Å². The minimum absolute atomic E-state index is 0.0615. The number of aromatic nitrogens is 7. The van der Waals surface area contributed by atoms with Gasteiger partial charge in [-0.15, -0.1) is 32.9 Å². The number of aryl methyl sites for hydroxylation is 3. The van der Waals surface area contributed by atoms with Crippen molar-refractivity contribution in [2.24, 2.45) is 16.8 Å². The Labute approximate surface area is 426 Å². The van der Waals surface area contributed by atoms with Crippen LogP contribution in [0.2, 0.25) is 5.02 Å². The first kappa shape index (κ1) is 48.1. The number of pyridine rings is 1. The lowest BCUT2D eigenvalue weighted by Crippen LogP contribution is -2.59. The third-order valence-corrected chi connectivity index (χ3v) is 16.5. The van der Waals surface area contributed by atoms with Gasteiger partial charge in [-0.3, -0.25) is 28.6 Å². The molecule has 18 heteroatoms. The lowest BCUT2D eigenvalue weighted by molar-refractivity contribution is -0.142. The summed E-state index contributed by atoms with van der Waals surface area (Å²) in [7, 11) is 0. The number of benzene rings is 2. The van der Waals surface area contributed by atoms with Crippen LogP contribution in [0.15, 0.2) is 89.8 Å². The predicted octanol–water partition coefficient (Wildman–Crippen LogP) is 9.20. The highest BCUT2D eigenvalue weighted by atomic mass is 35.5. The fourth-order valence-corrected chi connectivity index (χ4v) is 12.2. The zero-order chi connectivity index (χ0) is 49.8. The van der Waals surface area contributed by atoms with E-state index >= 15 is 0 Å². The summed E-state index contributed by atoms with van der Waals surface area (Å²) in [5, 5.41) is 21.8. The van der Waals surface area contributed by atoms with Crippen LogP contribution in [0.4, 0.5) is 5.82 Å². The molecule has 10 rings (SSSR count). The van der Waals surface area contributed by atoms with E-state index in [4.69, 9.17) is 26.7 Å². The summed E-state index contributed by atoms with van der Waals surface area (Å²) in [6.45, 7) is 18.0. The van der Waals surface area contributed by atoms with E-state index in [1.807, 2.05) is 101 Å². The van der Waals surface area contributed by atoms with Crippen molar-refractivity contribution in [2.45, 2.75) is 98.4 Å². The predicted molar refractivity (Wildman–Crippen MR) is 279 cm³/mol. The number of halogens is 1. The number of amides is 3. The van der Waals surface area contributed by atoms with Gasteiger partial charge in [0.2, 0.25) is 17.7 Å². The minimum atomic E-state index is -0.602. The second-order valence-corrected chi connectivity index (χ2v) is 22.0. The van der Waals surface area contributed by atoms with Crippen molar-refractivity contribution >= 4 is 63.5 Å². The zero-order valence-electron chi connectivity index (χ0n) is 41.1. The molecule has 0 radical (unpaired) electrons. The molecule has 366 valence electrons. The molecular formula is C53H57ClN12O3S2. The Bertz CT molecular complexity index is 3150. The van der Waals surface area contributed by atoms with Gasteiger partial charge in [-0.2, -0.15) is 5.10 Å². The number of aliphatic imine (C=N–C) groups is 1. The van der Waals surface area contributed by atoms with Crippen molar-refractivity contribution in [2.75, 3.05) is 24.5 Å². The lowest BCUT2D eigenvalue weighted by atomic mass is 9.99. The average molecular weight is 1010 g/mol. The standard InChI is InChI=1S/C53H57ClN12O3S2/c1-28(2)48(52(69)64-23-29(3)19-43(64)51(68)58-31(5)35-9-11-37(12-10-35)49-32(6)56-27-70-49)65-24-39(22-57-65)38-15-18-44(55-21-38)63-25-41(26-63)59-45(67)20-42-50-62-61-34(8)66(50)53-46(30(4)33(7)71-53)47(60-42)36-13-16-40(54)17-14-36/h9-18,21-22,24,27-29,31,41-43,48H,19-20,23,25-26H2,1-8H3,(H,58,68)(H,59,67)/t29-,31+,42+,43+,48-/m1/s1. The molecule has 0 spiro atoms. The van der Waals surface area contributed by atoms with Crippen LogP contribution in [0.1, 0.15) is 103 Å². The Morgan fingerprint density at radius 2 is 1.59 bits per heavy atom. The van der Waals surface area contributed by atoms with Gasteiger partial charge >= 0.3 is 0 Å². The van der Waals surface area contributed by atoms with Crippen molar-refractivity contribution in [1.82, 2.24) is 50.0 Å². The Balaban J connectivity index is 0.764. The Morgan fingerprint density at radius 1 is 0.859 bits per heavy atom. The van der Waals surface area contributed by atoms with Gasteiger partial charge in [0, 0.05) is 64.2 Å². The molecule has 2 aromatic carbocycles. The number of carbonyl (C=O) groups is 3. The number of rotatable bonds is 13. The fourth-order valence-electron chi connectivity index (χ4n) is 10.0. The molecule has 8 heterocycles. The summed E-state index contributed by atoms with van der Waals surface area (Å²) in [5.41, 5.74) is 10.5. The fraction of sp³-hybridized carbons (Fsp3) is 0.377. The number of hydrogen-bond donors (Lipinski definition) is 2. The molecule has 2 N–H and O–H groups in total.